The highest BCUT2D eigenvalue weighted by atomic mass is 35.5. The first-order valence-corrected chi connectivity index (χ1v) is 9.78. The Labute approximate surface area is 150 Å². The molecule has 0 aromatic heterocycles. The SMILES string of the molecule is C=CCC(O)(CC=C)C(NS(=O)(=O)c1cccc(Cl)c1)C(C)CC. The lowest BCUT2D eigenvalue weighted by molar-refractivity contribution is -0.00403. The number of hydrogen-bond acceptors (Lipinski definition) is 3. The number of nitrogens with one attached hydrogen (secondary N) is 1. The highest BCUT2D eigenvalue weighted by molar-refractivity contribution is 7.89. The molecule has 0 aliphatic rings. The Hall–Kier alpha value is -1.14. The fourth-order valence-electron chi connectivity index (χ4n) is 2.70. The standard InChI is InChI=1S/C18H26ClNO3S/c1-5-11-18(21,12-6-2)17(14(4)7-3)20-24(22,23)16-10-8-9-15(19)13-16/h5-6,8-10,13-14,17,20-21H,1-2,7,11-12H2,3-4H3. The topological polar surface area (TPSA) is 66.4 Å². The summed E-state index contributed by atoms with van der Waals surface area (Å²) in [6.07, 6.45) is 4.40. The molecule has 0 saturated carbocycles. The van der Waals surface area contributed by atoms with Crippen LogP contribution in [0, 0.1) is 5.92 Å². The van der Waals surface area contributed by atoms with Crippen LogP contribution in [0.1, 0.15) is 33.1 Å². The molecule has 1 rings (SSSR count). The molecule has 0 heterocycles. The van der Waals surface area contributed by atoms with E-state index < -0.39 is 21.7 Å². The molecular formula is C18H26ClNO3S. The minimum Gasteiger partial charge on any atom is -0.388 e. The molecule has 0 radical (unpaired) electrons. The van der Waals surface area contributed by atoms with Gasteiger partial charge in [-0.2, -0.15) is 0 Å². The first-order chi connectivity index (χ1) is 11.2. The molecule has 24 heavy (non-hydrogen) atoms. The maximum atomic E-state index is 12.7. The third-order valence-electron chi connectivity index (χ3n) is 4.18. The van der Waals surface area contributed by atoms with Crippen molar-refractivity contribution in [2.75, 3.05) is 0 Å². The normalized spacial score (nSPS) is 14.8. The summed E-state index contributed by atoms with van der Waals surface area (Å²) in [5, 5.41) is 11.4. The van der Waals surface area contributed by atoms with Crippen LogP contribution in [0.25, 0.3) is 0 Å². The summed E-state index contributed by atoms with van der Waals surface area (Å²) < 4.78 is 28.1. The van der Waals surface area contributed by atoms with E-state index in [0.29, 0.717) is 11.4 Å². The van der Waals surface area contributed by atoms with Crippen LogP contribution in [0.5, 0.6) is 0 Å². The van der Waals surface area contributed by atoms with Crippen molar-refractivity contribution in [1.82, 2.24) is 4.72 Å². The number of aliphatic hydroxyl groups is 1. The molecule has 1 aromatic carbocycles. The Morgan fingerprint density at radius 3 is 2.38 bits per heavy atom. The molecule has 0 fully saturated rings. The van der Waals surface area contributed by atoms with Gasteiger partial charge in [-0.05, 0) is 37.0 Å². The van der Waals surface area contributed by atoms with E-state index >= 15 is 0 Å². The minimum absolute atomic E-state index is 0.0721. The fourth-order valence-corrected chi connectivity index (χ4v) is 4.41. The summed E-state index contributed by atoms with van der Waals surface area (Å²) in [7, 11) is -3.82. The molecule has 134 valence electrons. The van der Waals surface area contributed by atoms with Gasteiger partial charge < -0.3 is 5.11 Å². The lowest BCUT2D eigenvalue weighted by Gasteiger charge is -2.38. The highest BCUT2D eigenvalue weighted by Crippen LogP contribution is 2.29. The Balaban J connectivity index is 3.26. The summed E-state index contributed by atoms with van der Waals surface area (Å²) >= 11 is 5.90. The highest BCUT2D eigenvalue weighted by Gasteiger charge is 2.40. The molecule has 1 aromatic rings. The van der Waals surface area contributed by atoms with Gasteiger partial charge in [-0.1, -0.05) is 50.1 Å². The quantitative estimate of drug-likeness (QED) is 0.612. The number of halogens is 1. The second-order valence-corrected chi connectivity index (χ2v) is 8.18. The van der Waals surface area contributed by atoms with E-state index in [-0.39, 0.29) is 23.7 Å². The number of hydrogen-bond donors (Lipinski definition) is 2. The Morgan fingerprint density at radius 1 is 1.33 bits per heavy atom. The summed E-state index contributed by atoms with van der Waals surface area (Å²) in [5.41, 5.74) is -1.29. The molecule has 0 amide bonds. The molecule has 0 saturated heterocycles. The van der Waals surface area contributed by atoms with E-state index in [4.69, 9.17) is 11.6 Å². The van der Waals surface area contributed by atoms with E-state index in [1.165, 1.54) is 12.1 Å². The molecule has 6 heteroatoms. The minimum atomic E-state index is -3.82. The van der Waals surface area contributed by atoms with Gasteiger partial charge in [0.1, 0.15) is 0 Å². The van der Waals surface area contributed by atoms with E-state index in [1.807, 2.05) is 13.8 Å². The fraction of sp³-hybridized carbons (Fsp3) is 0.444. The van der Waals surface area contributed by atoms with Crippen molar-refractivity contribution in [2.24, 2.45) is 5.92 Å². The molecule has 0 aliphatic heterocycles. The zero-order valence-electron chi connectivity index (χ0n) is 14.2. The monoisotopic (exact) mass is 371 g/mol. The van der Waals surface area contributed by atoms with Gasteiger partial charge in [0.2, 0.25) is 10.0 Å². The van der Waals surface area contributed by atoms with Gasteiger partial charge in [0.25, 0.3) is 0 Å². The molecule has 2 N–H and O–H groups in total. The van der Waals surface area contributed by atoms with Crippen molar-refractivity contribution in [3.63, 3.8) is 0 Å². The summed E-state index contributed by atoms with van der Waals surface area (Å²) in [4.78, 5) is 0.0721. The van der Waals surface area contributed by atoms with Gasteiger partial charge in [-0.15, -0.1) is 13.2 Å². The van der Waals surface area contributed by atoms with Crippen LogP contribution in [0.15, 0.2) is 54.5 Å². The van der Waals surface area contributed by atoms with Crippen LogP contribution in [-0.2, 0) is 10.0 Å². The van der Waals surface area contributed by atoms with E-state index in [9.17, 15) is 13.5 Å². The maximum absolute atomic E-state index is 12.7. The number of benzene rings is 1. The summed E-state index contributed by atoms with van der Waals surface area (Å²) in [6.45, 7) is 11.2. The van der Waals surface area contributed by atoms with Crippen molar-refractivity contribution >= 4 is 21.6 Å². The van der Waals surface area contributed by atoms with Crippen LogP contribution >= 0.6 is 11.6 Å². The molecule has 2 atom stereocenters. The van der Waals surface area contributed by atoms with Crippen molar-refractivity contribution in [3.05, 3.63) is 54.6 Å². The lowest BCUT2D eigenvalue weighted by atomic mass is 9.80. The molecule has 2 unspecified atom stereocenters. The molecule has 0 aliphatic carbocycles. The zero-order chi connectivity index (χ0) is 18.4. The molecular weight excluding hydrogens is 346 g/mol. The Kier molecular flexibility index (Phi) is 7.67. The van der Waals surface area contributed by atoms with Crippen molar-refractivity contribution < 1.29 is 13.5 Å². The largest absolute Gasteiger partial charge is 0.388 e. The first kappa shape index (κ1) is 20.9. The predicted molar refractivity (Wildman–Crippen MR) is 99.6 cm³/mol. The number of sulfonamides is 1. The van der Waals surface area contributed by atoms with Crippen LogP contribution in [0.3, 0.4) is 0 Å². The molecule has 0 bridgehead atoms. The predicted octanol–water partition coefficient (Wildman–Crippen LogP) is 3.92. The van der Waals surface area contributed by atoms with Crippen molar-refractivity contribution in [1.29, 1.82) is 0 Å². The smallest absolute Gasteiger partial charge is 0.240 e. The second-order valence-electron chi connectivity index (χ2n) is 6.03. The third-order valence-corrected chi connectivity index (χ3v) is 5.85. The second kappa shape index (κ2) is 8.81. The average molecular weight is 372 g/mol. The number of rotatable bonds is 10. The van der Waals surface area contributed by atoms with Gasteiger partial charge >= 0.3 is 0 Å². The van der Waals surface area contributed by atoms with Crippen LogP contribution in [0.2, 0.25) is 5.02 Å². The van der Waals surface area contributed by atoms with Gasteiger partial charge in [-0.3, -0.25) is 0 Å². The summed E-state index contributed by atoms with van der Waals surface area (Å²) in [5.74, 6) is -0.0798. The van der Waals surface area contributed by atoms with Gasteiger partial charge in [0.05, 0.1) is 16.5 Å². The van der Waals surface area contributed by atoms with Gasteiger partial charge in [-0.25, -0.2) is 13.1 Å². The van der Waals surface area contributed by atoms with E-state index in [2.05, 4.69) is 17.9 Å². The lowest BCUT2D eigenvalue weighted by Crippen LogP contribution is -2.55. The van der Waals surface area contributed by atoms with Crippen molar-refractivity contribution in [3.8, 4) is 0 Å². The van der Waals surface area contributed by atoms with Crippen molar-refractivity contribution in [2.45, 2.75) is 49.6 Å². The molecule has 4 nitrogen and oxygen atoms in total. The zero-order valence-corrected chi connectivity index (χ0v) is 15.8. The van der Waals surface area contributed by atoms with Crippen LogP contribution in [0.4, 0.5) is 0 Å². The van der Waals surface area contributed by atoms with Gasteiger partial charge in [0.15, 0.2) is 0 Å². The maximum Gasteiger partial charge on any atom is 0.240 e. The molecule has 0 spiro atoms. The Bertz CT molecular complexity index is 663. The Morgan fingerprint density at radius 2 is 1.92 bits per heavy atom. The van der Waals surface area contributed by atoms with E-state index in [0.717, 1.165) is 0 Å². The van der Waals surface area contributed by atoms with E-state index in [1.54, 1.807) is 24.3 Å². The third kappa shape index (κ3) is 5.18. The van der Waals surface area contributed by atoms with Gasteiger partial charge in [0, 0.05) is 5.02 Å². The van der Waals surface area contributed by atoms with Crippen LogP contribution in [-0.4, -0.2) is 25.2 Å². The first-order valence-electron chi connectivity index (χ1n) is 7.92. The summed E-state index contributed by atoms with van der Waals surface area (Å²) in [6, 6.07) is 5.37. The van der Waals surface area contributed by atoms with Crippen LogP contribution < -0.4 is 4.72 Å². The average Bonchev–Trinajstić information content (AvgIpc) is 2.52.